The summed E-state index contributed by atoms with van der Waals surface area (Å²) in [7, 11) is -1.38. The lowest BCUT2D eigenvalue weighted by atomic mass is 9.99. The van der Waals surface area contributed by atoms with Crippen LogP contribution in [0.4, 0.5) is 0 Å². The predicted octanol–water partition coefficient (Wildman–Crippen LogP) is -0.326. The van der Waals surface area contributed by atoms with Crippen LogP contribution in [0, 0.1) is 5.92 Å². The number of nitrogens with zero attached hydrogens (tertiary/aromatic N) is 2. The number of sulfonamides is 1. The van der Waals surface area contributed by atoms with Crippen molar-refractivity contribution in [3.8, 4) is 0 Å². The molecule has 0 aromatic heterocycles. The van der Waals surface area contributed by atoms with Gasteiger partial charge in [0.2, 0.25) is 10.0 Å². The first-order valence-electron chi connectivity index (χ1n) is 5.64. The van der Waals surface area contributed by atoms with Gasteiger partial charge in [-0.05, 0) is 25.8 Å². The number of hydrogen-bond donors (Lipinski definition) is 1. The van der Waals surface area contributed by atoms with E-state index in [-0.39, 0.29) is 12.5 Å². The summed E-state index contributed by atoms with van der Waals surface area (Å²) < 4.78 is 24.3. The summed E-state index contributed by atoms with van der Waals surface area (Å²) in [6.07, 6.45) is 3.02. The van der Waals surface area contributed by atoms with Crippen LogP contribution in [-0.2, 0) is 14.8 Å². The lowest BCUT2D eigenvalue weighted by Crippen LogP contribution is -2.43. The van der Waals surface area contributed by atoms with Crippen molar-refractivity contribution in [2.75, 3.05) is 39.5 Å². The van der Waals surface area contributed by atoms with E-state index in [2.05, 4.69) is 0 Å². The lowest BCUT2D eigenvalue weighted by molar-refractivity contribution is -0.138. The number of piperidine rings is 1. The highest BCUT2D eigenvalue weighted by atomic mass is 32.2. The zero-order valence-corrected chi connectivity index (χ0v) is 11.1. The molecule has 0 spiro atoms. The zero-order valence-electron chi connectivity index (χ0n) is 10.3. The van der Waals surface area contributed by atoms with Crippen LogP contribution in [0.1, 0.15) is 12.8 Å². The van der Waals surface area contributed by atoms with Gasteiger partial charge < -0.3 is 5.11 Å². The van der Waals surface area contributed by atoms with Gasteiger partial charge in [0, 0.05) is 19.6 Å². The van der Waals surface area contributed by atoms with E-state index < -0.39 is 16.0 Å². The molecule has 0 amide bonds. The summed E-state index contributed by atoms with van der Waals surface area (Å²) >= 11 is 0. The second-order valence-corrected chi connectivity index (χ2v) is 6.70. The molecule has 1 heterocycles. The number of hydrogen-bond acceptors (Lipinski definition) is 4. The first kappa shape index (κ1) is 14.4. The van der Waals surface area contributed by atoms with E-state index in [4.69, 9.17) is 5.11 Å². The van der Waals surface area contributed by atoms with Crippen molar-refractivity contribution in [3.05, 3.63) is 0 Å². The summed E-state index contributed by atoms with van der Waals surface area (Å²) in [6, 6.07) is 0. The fourth-order valence-electron chi connectivity index (χ4n) is 2.21. The van der Waals surface area contributed by atoms with E-state index in [1.165, 1.54) is 10.6 Å². The second-order valence-electron chi connectivity index (χ2n) is 4.72. The summed E-state index contributed by atoms with van der Waals surface area (Å²) in [6.45, 7) is 1.70. The van der Waals surface area contributed by atoms with Gasteiger partial charge in [0.05, 0.1) is 12.8 Å². The molecular formula is C10H20N2O4S. The minimum atomic E-state index is -3.12. The topological polar surface area (TPSA) is 77.9 Å². The molecule has 17 heavy (non-hydrogen) atoms. The van der Waals surface area contributed by atoms with Crippen molar-refractivity contribution in [1.29, 1.82) is 0 Å². The Morgan fingerprint density at radius 1 is 1.53 bits per heavy atom. The third-order valence-corrected chi connectivity index (χ3v) is 4.20. The van der Waals surface area contributed by atoms with E-state index >= 15 is 0 Å². The predicted molar refractivity (Wildman–Crippen MR) is 64.3 cm³/mol. The minimum Gasteiger partial charge on any atom is -0.480 e. The number of carboxylic acid groups (broad SMARTS) is 1. The van der Waals surface area contributed by atoms with Gasteiger partial charge in [0.1, 0.15) is 0 Å². The van der Waals surface area contributed by atoms with Crippen LogP contribution in [0.25, 0.3) is 0 Å². The van der Waals surface area contributed by atoms with Crippen LogP contribution >= 0.6 is 0 Å². The molecule has 1 saturated heterocycles. The SMILES string of the molecule is CN(CC(=O)O)CC1CCCN(S(C)(=O)=O)C1. The summed E-state index contributed by atoms with van der Waals surface area (Å²) in [5, 5.41) is 8.65. The Morgan fingerprint density at radius 2 is 2.18 bits per heavy atom. The van der Waals surface area contributed by atoms with Crippen LogP contribution in [0.3, 0.4) is 0 Å². The number of carbonyl (C=O) groups is 1. The van der Waals surface area contributed by atoms with E-state index in [1.54, 1.807) is 11.9 Å². The molecule has 0 aliphatic carbocycles. The standard InChI is InChI=1S/C10H20N2O4S/c1-11(8-10(13)14)6-9-4-3-5-12(7-9)17(2,15)16/h9H,3-8H2,1-2H3,(H,13,14). The van der Waals surface area contributed by atoms with Gasteiger partial charge in [-0.3, -0.25) is 9.69 Å². The molecule has 1 aliphatic rings. The maximum atomic E-state index is 11.4. The summed E-state index contributed by atoms with van der Waals surface area (Å²) in [5.74, 6) is -0.633. The summed E-state index contributed by atoms with van der Waals surface area (Å²) in [5.41, 5.74) is 0. The normalized spacial score (nSPS) is 22.9. The molecule has 1 N–H and O–H groups in total. The van der Waals surface area contributed by atoms with Crippen molar-refractivity contribution >= 4 is 16.0 Å². The third kappa shape index (κ3) is 5.01. The van der Waals surface area contributed by atoms with E-state index in [1.807, 2.05) is 0 Å². The van der Waals surface area contributed by atoms with Crippen LogP contribution in [0.2, 0.25) is 0 Å². The van der Waals surface area contributed by atoms with Gasteiger partial charge in [-0.1, -0.05) is 0 Å². The monoisotopic (exact) mass is 264 g/mol. The fourth-order valence-corrected chi connectivity index (χ4v) is 3.16. The molecule has 0 radical (unpaired) electrons. The van der Waals surface area contributed by atoms with E-state index in [0.29, 0.717) is 19.6 Å². The number of likely N-dealkylation sites (N-methyl/N-ethyl adjacent to an activating group) is 1. The highest BCUT2D eigenvalue weighted by Crippen LogP contribution is 2.19. The molecule has 1 rings (SSSR count). The maximum absolute atomic E-state index is 11.4. The van der Waals surface area contributed by atoms with Crippen molar-refractivity contribution in [2.45, 2.75) is 12.8 Å². The third-order valence-electron chi connectivity index (χ3n) is 2.93. The average molecular weight is 264 g/mol. The molecule has 7 heteroatoms. The zero-order chi connectivity index (χ0) is 13.1. The van der Waals surface area contributed by atoms with Crippen molar-refractivity contribution in [2.24, 2.45) is 5.92 Å². The molecule has 1 atom stereocenters. The minimum absolute atomic E-state index is 0.00459. The second kappa shape index (κ2) is 5.79. The quantitative estimate of drug-likeness (QED) is 0.736. The Kier molecular flexibility index (Phi) is 4.91. The molecule has 100 valence electrons. The highest BCUT2D eigenvalue weighted by Gasteiger charge is 2.26. The molecule has 6 nitrogen and oxygen atoms in total. The van der Waals surface area contributed by atoms with Gasteiger partial charge in [-0.2, -0.15) is 0 Å². The fraction of sp³-hybridized carbons (Fsp3) is 0.900. The van der Waals surface area contributed by atoms with Crippen LogP contribution in [0.15, 0.2) is 0 Å². The molecule has 1 fully saturated rings. The number of rotatable bonds is 5. The van der Waals surface area contributed by atoms with E-state index in [9.17, 15) is 13.2 Å². The van der Waals surface area contributed by atoms with Gasteiger partial charge in [0.25, 0.3) is 0 Å². The van der Waals surface area contributed by atoms with Crippen LogP contribution in [0.5, 0.6) is 0 Å². The van der Waals surface area contributed by atoms with Gasteiger partial charge in [-0.25, -0.2) is 12.7 Å². The molecule has 0 aromatic rings. The molecule has 0 saturated carbocycles. The molecular weight excluding hydrogens is 244 g/mol. The Bertz CT molecular complexity index is 369. The largest absolute Gasteiger partial charge is 0.480 e. The molecule has 1 aliphatic heterocycles. The lowest BCUT2D eigenvalue weighted by Gasteiger charge is -2.32. The molecule has 1 unspecified atom stereocenters. The Balaban J connectivity index is 2.47. The average Bonchev–Trinajstić information content (AvgIpc) is 2.15. The van der Waals surface area contributed by atoms with Gasteiger partial charge in [0.15, 0.2) is 0 Å². The first-order chi connectivity index (χ1) is 7.79. The van der Waals surface area contributed by atoms with Crippen molar-refractivity contribution < 1.29 is 18.3 Å². The van der Waals surface area contributed by atoms with Crippen molar-refractivity contribution in [3.63, 3.8) is 0 Å². The Hall–Kier alpha value is -0.660. The molecule has 0 aromatic carbocycles. The van der Waals surface area contributed by atoms with Gasteiger partial charge in [-0.15, -0.1) is 0 Å². The smallest absolute Gasteiger partial charge is 0.317 e. The Morgan fingerprint density at radius 3 is 2.71 bits per heavy atom. The van der Waals surface area contributed by atoms with Gasteiger partial charge >= 0.3 is 5.97 Å². The molecule has 0 bridgehead atoms. The van der Waals surface area contributed by atoms with Crippen LogP contribution in [-0.4, -0.2) is 68.2 Å². The van der Waals surface area contributed by atoms with Crippen LogP contribution < -0.4 is 0 Å². The summed E-state index contributed by atoms with van der Waals surface area (Å²) in [4.78, 5) is 12.2. The van der Waals surface area contributed by atoms with E-state index in [0.717, 1.165) is 12.8 Å². The highest BCUT2D eigenvalue weighted by molar-refractivity contribution is 7.88. The maximum Gasteiger partial charge on any atom is 0.317 e. The number of carboxylic acids is 1. The number of aliphatic carboxylic acids is 1. The Labute approximate surface area is 102 Å². The first-order valence-corrected chi connectivity index (χ1v) is 7.49. The van der Waals surface area contributed by atoms with Crippen molar-refractivity contribution in [1.82, 2.24) is 9.21 Å².